The quantitative estimate of drug-likeness (QED) is 0.549. The molecule has 0 spiro atoms. The van der Waals surface area contributed by atoms with Crippen LogP contribution < -0.4 is 0 Å². The van der Waals surface area contributed by atoms with Crippen molar-refractivity contribution in [1.82, 2.24) is 0 Å². The van der Waals surface area contributed by atoms with Gasteiger partial charge in [-0.25, -0.2) is 0 Å². The van der Waals surface area contributed by atoms with Gasteiger partial charge in [0.2, 0.25) is 0 Å². The van der Waals surface area contributed by atoms with E-state index in [2.05, 4.69) is 20.8 Å². The lowest BCUT2D eigenvalue weighted by Gasteiger charge is -2.35. The number of hydrogen-bond donors (Lipinski definition) is 0. The molecule has 0 radical (unpaired) electrons. The predicted octanol–water partition coefficient (Wildman–Crippen LogP) is 2.55. The van der Waals surface area contributed by atoms with Crippen molar-refractivity contribution in [2.45, 2.75) is 52.6 Å². The zero-order valence-corrected chi connectivity index (χ0v) is 12.3. The van der Waals surface area contributed by atoms with Crippen molar-refractivity contribution >= 4 is 11.9 Å². The van der Waals surface area contributed by atoms with E-state index in [0.29, 0.717) is 0 Å². The molecule has 0 aromatic heterocycles. The van der Waals surface area contributed by atoms with E-state index in [0.717, 1.165) is 25.7 Å². The molecule has 4 nitrogen and oxygen atoms in total. The van der Waals surface area contributed by atoms with Crippen LogP contribution in [0, 0.1) is 23.2 Å². The summed E-state index contributed by atoms with van der Waals surface area (Å²) in [4.78, 5) is 23.4. The number of esters is 2. The lowest BCUT2D eigenvalue weighted by atomic mass is 9.76. The molecule has 1 saturated carbocycles. The number of carbonyl (C=O) groups is 2. The third-order valence-electron chi connectivity index (χ3n) is 5.18. The van der Waals surface area contributed by atoms with Gasteiger partial charge in [0.05, 0.1) is 17.9 Å². The van der Waals surface area contributed by atoms with E-state index in [4.69, 9.17) is 9.47 Å². The SMILES string of the molecule is CCC(C)(CC)CC(OC)C1C(=O)OC(=O)C2CC21. The van der Waals surface area contributed by atoms with Gasteiger partial charge >= 0.3 is 11.9 Å². The highest BCUT2D eigenvalue weighted by molar-refractivity contribution is 5.94. The van der Waals surface area contributed by atoms with E-state index in [1.165, 1.54) is 0 Å². The zero-order chi connectivity index (χ0) is 14.2. The van der Waals surface area contributed by atoms with Gasteiger partial charge in [-0.15, -0.1) is 0 Å². The van der Waals surface area contributed by atoms with Crippen molar-refractivity contribution in [3.8, 4) is 0 Å². The molecule has 0 aromatic rings. The molecular weight excluding hydrogens is 244 g/mol. The highest BCUT2D eigenvalue weighted by atomic mass is 16.6. The summed E-state index contributed by atoms with van der Waals surface area (Å²) < 4.78 is 10.4. The molecule has 4 heteroatoms. The predicted molar refractivity (Wildman–Crippen MR) is 70.3 cm³/mol. The van der Waals surface area contributed by atoms with Gasteiger partial charge in [-0.3, -0.25) is 9.59 Å². The lowest BCUT2D eigenvalue weighted by molar-refractivity contribution is -0.173. The fourth-order valence-corrected chi connectivity index (χ4v) is 3.11. The number of rotatable bonds is 6. The highest BCUT2D eigenvalue weighted by Gasteiger charge is 2.59. The molecule has 1 heterocycles. The van der Waals surface area contributed by atoms with Crippen LogP contribution >= 0.6 is 0 Å². The Morgan fingerprint density at radius 1 is 1.32 bits per heavy atom. The molecule has 0 N–H and O–H groups in total. The molecular formula is C15H24O4. The first-order valence-electron chi connectivity index (χ1n) is 7.24. The molecule has 0 amide bonds. The molecule has 2 rings (SSSR count). The van der Waals surface area contributed by atoms with Crippen LogP contribution in [0.1, 0.15) is 46.5 Å². The molecule has 2 aliphatic rings. The first kappa shape index (κ1) is 14.5. The summed E-state index contributed by atoms with van der Waals surface area (Å²) in [5, 5.41) is 0. The molecule has 2 fully saturated rings. The van der Waals surface area contributed by atoms with Crippen LogP contribution in [0.5, 0.6) is 0 Å². The Morgan fingerprint density at radius 3 is 2.47 bits per heavy atom. The fraction of sp³-hybridized carbons (Fsp3) is 0.867. The van der Waals surface area contributed by atoms with Crippen molar-refractivity contribution in [3.63, 3.8) is 0 Å². The number of ether oxygens (including phenoxy) is 2. The van der Waals surface area contributed by atoms with Crippen molar-refractivity contribution in [1.29, 1.82) is 0 Å². The number of cyclic esters (lactones) is 2. The first-order chi connectivity index (χ1) is 8.95. The third kappa shape index (κ3) is 2.69. The van der Waals surface area contributed by atoms with Crippen LogP contribution in [0.15, 0.2) is 0 Å². The molecule has 1 aliphatic heterocycles. The molecule has 1 saturated heterocycles. The van der Waals surface area contributed by atoms with E-state index in [1.54, 1.807) is 7.11 Å². The van der Waals surface area contributed by atoms with Crippen LogP contribution in [-0.2, 0) is 19.1 Å². The molecule has 4 unspecified atom stereocenters. The minimum Gasteiger partial charge on any atom is -0.393 e. The molecule has 0 bridgehead atoms. The second-order valence-electron chi connectivity index (χ2n) is 6.27. The van der Waals surface area contributed by atoms with Gasteiger partial charge in [0.1, 0.15) is 0 Å². The Kier molecular flexibility index (Phi) is 4.00. The van der Waals surface area contributed by atoms with E-state index in [1.807, 2.05) is 0 Å². The van der Waals surface area contributed by atoms with Gasteiger partial charge in [0.15, 0.2) is 0 Å². The molecule has 108 valence electrons. The van der Waals surface area contributed by atoms with Crippen LogP contribution in [0.3, 0.4) is 0 Å². The van der Waals surface area contributed by atoms with Gasteiger partial charge in [0, 0.05) is 7.11 Å². The lowest BCUT2D eigenvalue weighted by Crippen LogP contribution is -2.41. The smallest absolute Gasteiger partial charge is 0.319 e. The maximum Gasteiger partial charge on any atom is 0.319 e. The Labute approximate surface area is 114 Å². The van der Waals surface area contributed by atoms with Gasteiger partial charge in [-0.2, -0.15) is 0 Å². The Bertz CT molecular complexity index is 372. The number of carbonyl (C=O) groups excluding carboxylic acids is 2. The van der Waals surface area contributed by atoms with Gasteiger partial charge in [-0.05, 0) is 24.2 Å². The van der Waals surface area contributed by atoms with Crippen LogP contribution in [0.4, 0.5) is 0 Å². The summed E-state index contributed by atoms with van der Waals surface area (Å²) in [6.07, 6.45) is 3.59. The topological polar surface area (TPSA) is 52.6 Å². The standard InChI is InChI=1S/C15H24O4/c1-5-15(3,6-2)8-11(18-4)12-9-7-10(9)13(16)19-14(12)17/h9-12H,5-8H2,1-4H3. The summed E-state index contributed by atoms with van der Waals surface area (Å²) in [6.45, 7) is 6.56. The van der Waals surface area contributed by atoms with E-state index < -0.39 is 0 Å². The van der Waals surface area contributed by atoms with Crippen molar-refractivity contribution in [3.05, 3.63) is 0 Å². The van der Waals surface area contributed by atoms with Crippen LogP contribution in [0.2, 0.25) is 0 Å². The second kappa shape index (κ2) is 5.23. The van der Waals surface area contributed by atoms with Gasteiger partial charge in [-0.1, -0.05) is 33.6 Å². The summed E-state index contributed by atoms with van der Waals surface area (Å²) in [5.74, 6) is -0.892. The van der Waals surface area contributed by atoms with Gasteiger partial charge < -0.3 is 9.47 Å². The largest absolute Gasteiger partial charge is 0.393 e. The van der Waals surface area contributed by atoms with Crippen molar-refractivity contribution < 1.29 is 19.1 Å². The van der Waals surface area contributed by atoms with Crippen LogP contribution in [0.25, 0.3) is 0 Å². The summed E-state index contributed by atoms with van der Waals surface area (Å²) in [5.41, 5.74) is 0.173. The maximum absolute atomic E-state index is 12.0. The third-order valence-corrected chi connectivity index (χ3v) is 5.18. The number of methoxy groups -OCH3 is 1. The van der Waals surface area contributed by atoms with E-state index in [9.17, 15) is 9.59 Å². The number of fused-ring (bicyclic) bond motifs is 1. The first-order valence-corrected chi connectivity index (χ1v) is 7.24. The molecule has 4 atom stereocenters. The average molecular weight is 268 g/mol. The Balaban J connectivity index is 2.10. The Morgan fingerprint density at radius 2 is 1.95 bits per heavy atom. The maximum atomic E-state index is 12.0. The zero-order valence-electron chi connectivity index (χ0n) is 12.3. The van der Waals surface area contributed by atoms with E-state index >= 15 is 0 Å². The Hall–Kier alpha value is -0.900. The summed E-state index contributed by atoms with van der Waals surface area (Å²) >= 11 is 0. The van der Waals surface area contributed by atoms with Gasteiger partial charge in [0.25, 0.3) is 0 Å². The fourth-order valence-electron chi connectivity index (χ4n) is 3.11. The van der Waals surface area contributed by atoms with E-state index in [-0.39, 0.29) is 41.2 Å². The molecule has 0 aromatic carbocycles. The summed E-state index contributed by atoms with van der Waals surface area (Å²) in [6, 6.07) is 0. The average Bonchev–Trinajstić information content (AvgIpc) is 3.17. The molecule has 1 aliphatic carbocycles. The monoisotopic (exact) mass is 268 g/mol. The van der Waals surface area contributed by atoms with Crippen molar-refractivity contribution in [2.75, 3.05) is 7.11 Å². The highest BCUT2D eigenvalue weighted by Crippen LogP contribution is 2.51. The minimum absolute atomic E-state index is 0.0603. The van der Waals surface area contributed by atoms with Crippen LogP contribution in [-0.4, -0.2) is 25.2 Å². The second-order valence-corrected chi connectivity index (χ2v) is 6.27. The normalized spacial score (nSPS) is 31.7. The minimum atomic E-state index is -0.384. The van der Waals surface area contributed by atoms with Crippen molar-refractivity contribution in [2.24, 2.45) is 23.2 Å². The molecule has 19 heavy (non-hydrogen) atoms. The number of hydrogen-bond acceptors (Lipinski definition) is 4. The summed E-state index contributed by atoms with van der Waals surface area (Å²) in [7, 11) is 1.65.